The predicted octanol–water partition coefficient (Wildman–Crippen LogP) is 1.12. The molecule has 0 saturated heterocycles. The molecule has 7 nitrogen and oxygen atoms in total. The number of nitrogens with one attached hydrogen (secondary N) is 2. The minimum absolute atomic E-state index is 0.0968. The third-order valence-electron chi connectivity index (χ3n) is 2.99. The van der Waals surface area contributed by atoms with Crippen LogP contribution < -0.4 is 14.9 Å². The fraction of sp³-hybridized carbons (Fsp3) is 0.125. The van der Waals surface area contributed by atoms with Gasteiger partial charge in [-0.25, -0.2) is 18.6 Å². The van der Waals surface area contributed by atoms with Crippen molar-refractivity contribution >= 4 is 22.1 Å². The van der Waals surface area contributed by atoms with Gasteiger partial charge in [-0.2, -0.15) is 5.10 Å². The van der Waals surface area contributed by atoms with Gasteiger partial charge < -0.3 is 4.74 Å². The van der Waals surface area contributed by atoms with Crippen molar-refractivity contribution in [2.75, 3.05) is 13.7 Å². The highest BCUT2D eigenvalue weighted by Gasteiger charge is 2.14. The number of methoxy groups -OCH3 is 1. The molecule has 2 aromatic carbocycles. The van der Waals surface area contributed by atoms with E-state index in [0.29, 0.717) is 5.75 Å². The Morgan fingerprint density at radius 1 is 1.12 bits per heavy atom. The van der Waals surface area contributed by atoms with Crippen LogP contribution in [0.5, 0.6) is 5.75 Å². The largest absolute Gasteiger partial charge is 0.497 e. The Hall–Kier alpha value is -2.71. The summed E-state index contributed by atoms with van der Waals surface area (Å²) in [4.78, 5) is 11.7. The van der Waals surface area contributed by atoms with Crippen molar-refractivity contribution in [3.8, 4) is 5.75 Å². The highest BCUT2D eigenvalue weighted by atomic mass is 32.2. The lowest BCUT2D eigenvalue weighted by molar-refractivity contribution is -0.119. The number of hydrogen-bond donors (Lipinski definition) is 2. The van der Waals surface area contributed by atoms with Crippen LogP contribution in [-0.2, 0) is 14.8 Å². The van der Waals surface area contributed by atoms with Crippen molar-refractivity contribution < 1.29 is 17.9 Å². The number of carbonyl (C=O) groups excluding carboxylic acids is 1. The van der Waals surface area contributed by atoms with Gasteiger partial charge in [0.1, 0.15) is 5.75 Å². The Balaban J connectivity index is 1.84. The lowest BCUT2D eigenvalue weighted by atomic mass is 10.2. The van der Waals surface area contributed by atoms with Crippen molar-refractivity contribution in [2.45, 2.75) is 4.90 Å². The first-order chi connectivity index (χ1) is 11.5. The van der Waals surface area contributed by atoms with Crippen LogP contribution in [0.1, 0.15) is 5.56 Å². The highest BCUT2D eigenvalue weighted by Crippen LogP contribution is 2.09. The Bertz CT molecular complexity index is 803. The topological polar surface area (TPSA) is 96.9 Å². The quantitative estimate of drug-likeness (QED) is 0.579. The molecule has 0 bridgehead atoms. The molecule has 2 aromatic rings. The van der Waals surface area contributed by atoms with Crippen LogP contribution in [0.2, 0.25) is 0 Å². The van der Waals surface area contributed by atoms with Crippen molar-refractivity contribution in [3.63, 3.8) is 0 Å². The molecule has 0 fully saturated rings. The molecule has 0 aliphatic carbocycles. The summed E-state index contributed by atoms with van der Waals surface area (Å²) >= 11 is 0. The van der Waals surface area contributed by atoms with Crippen molar-refractivity contribution in [1.29, 1.82) is 0 Å². The van der Waals surface area contributed by atoms with Gasteiger partial charge in [0, 0.05) is 0 Å². The van der Waals surface area contributed by atoms with Gasteiger partial charge in [-0.15, -0.1) is 0 Å². The second-order valence-corrected chi connectivity index (χ2v) is 6.47. The molecule has 0 heterocycles. The molecule has 126 valence electrons. The summed E-state index contributed by atoms with van der Waals surface area (Å²) in [6.07, 6.45) is 1.45. The smallest absolute Gasteiger partial charge is 0.255 e. The molecule has 8 heteroatoms. The molecule has 2 N–H and O–H groups in total. The van der Waals surface area contributed by atoms with Gasteiger partial charge in [-0.1, -0.05) is 18.2 Å². The van der Waals surface area contributed by atoms with E-state index in [-0.39, 0.29) is 4.90 Å². The van der Waals surface area contributed by atoms with Gasteiger partial charge in [0.15, 0.2) is 0 Å². The van der Waals surface area contributed by atoms with E-state index in [1.807, 2.05) is 0 Å². The van der Waals surface area contributed by atoms with Gasteiger partial charge in [-0.3, -0.25) is 4.79 Å². The zero-order valence-electron chi connectivity index (χ0n) is 13.0. The predicted molar refractivity (Wildman–Crippen MR) is 90.4 cm³/mol. The molecule has 0 aliphatic rings. The van der Waals surface area contributed by atoms with E-state index in [9.17, 15) is 13.2 Å². The number of ether oxygens (including phenoxy) is 1. The van der Waals surface area contributed by atoms with Crippen molar-refractivity contribution in [2.24, 2.45) is 5.10 Å². The summed E-state index contributed by atoms with van der Waals surface area (Å²) in [5.41, 5.74) is 3.02. The molecular formula is C16H17N3O4S. The minimum atomic E-state index is -3.72. The van der Waals surface area contributed by atoms with Gasteiger partial charge in [-0.05, 0) is 42.0 Å². The first kappa shape index (κ1) is 17.6. The lowest BCUT2D eigenvalue weighted by Crippen LogP contribution is -2.34. The molecule has 0 aromatic heterocycles. The van der Waals surface area contributed by atoms with Gasteiger partial charge in [0.05, 0.1) is 24.8 Å². The first-order valence-electron chi connectivity index (χ1n) is 7.02. The van der Waals surface area contributed by atoms with Crippen LogP contribution in [0.25, 0.3) is 0 Å². The maximum absolute atomic E-state index is 12.0. The van der Waals surface area contributed by atoms with Crippen LogP contribution in [0.15, 0.2) is 64.6 Å². The van der Waals surface area contributed by atoms with Crippen molar-refractivity contribution in [1.82, 2.24) is 10.1 Å². The fourth-order valence-electron chi connectivity index (χ4n) is 1.75. The lowest BCUT2D eigenvalue weighted by Gasteiger charge is -2.05. The minimum Gasteiger partial charge on any atom is -0.497 e. The monoisotopic (exact) mass is 347 g/mol. The third kappa shape index (κ3) is 5.18. The Labute approximate surface area is 140 Å². The van der Waals surface area contributed by atoms with E-state index in [1.54, 1.807) is 49.6 Å². The standard InChI is InChI=1S/C16H17N3O4S/c1-23-14-9-7-13(8-10-14)11-17-19-16(20)12-18-24(21,22)15-5-3-2-4-6-15/h2-11,18H,12H2,1H3,(H,19,20). The van der Waals surface area contributed by atoms with Crippen LogP contribution in [0.4, 0.5) is 0 Å². The number of benzene rings is 2. The summed E-state index contributed by atoms with van der Waals surface area (Å²) in [5, 5.41) is 3.77. The second-order valence-electron chi connectivity index (χ2n) is 4.70. The molecule has 0 radical (unpaired) electrons. The van der Waals surface area contributed by atoms with Crippen molar-refractivity contribution in [3.05, 3.63) is 60.2 Å². The van der Waals surface area contributed by atoms with Crippen LogP contribution in [0.3, 0.4) is 0 Å². The summed E-state index contributed by atoms with van der Waals surface area (Å²) in [6.45, 7) is -0.406. The number of hydrogen-bond acceptors (Lipinski definition) is 5. The SMILES string of the molecule is COc1ccc(C=NNC(=O)CNS(=O)(=O)c2ccccc2)cc1. The summed E-state index contributed by atoms with van der Waals surface area (Å²) in [7, 11) is -2.15. The maximum atomic E-state index is 12.0. The molecule has 0 atom stereocenters. The van der Waals surface area contributed by atoms with E-state index >= 15 is 0 Å². The normalized spacial score (nSPS) is 11.4. The third-order valence-corrected chi connectivity index (χ3v) is 4.41. The molecular weight excluding hydrogens is 330 g/mol. The average Bonchev–Trinajstić information content (AvgIpc) is 2.61. The summed E-state index contributed by atoms with van der Waals surface area (Å²) in [5.74, 6) is 0.144. The zero-order valence-corrected chi connectivity index (χ0v) is 13.8. The number of nitrogens with zero attached hydrogens (tertiary/aromatic N) is 1. The zero-order chi connectivity index (χ0) is 17.4. The van der Waals surface area contributed by atoms with Gasteiger partial charge in [0.25, 0.3) is 5.91 Å². The second kappa shape index (κ2) is 8.23. The number of amides is 1. The van der Waals surface area contributed by atoms with E-state index in [0.717, 1.165) is 5.56 Å². The molecule has 24 heavy (non-hydrogen) atoms. The number of carbonyl (C=O) groups is 1. The first-order valence-corrected chi connectivity index (χ1v) is 8.50. The highest BCUT2D eigenvalue weighted by molar-refractivity contribution is 7.89. The molecule has 1 amide bonds. The summed E-state index contributed by atoms with van der Waals surface area (Å²) in [6, 6.07) is 14.9. The van der Waals surface area contributed by atoms with Gasteiger partial charge in [0.2, 0.25) is 10.0 Å². The summed E-state index contributed by atoms with van der Waals surface area (Å²) < 4.78 is 31.1. The maximum Gasteiger partial charge on any atom is 0.255 e. The molecule has 2 rings (SSSR count). The van der Waals surface area contributed by atoms with Crippen LogP contribution >= 0.6 is 0 Å². The Morgan fingerprint density at radius 2 is 1.79 bits per heavy atom. The van der Waals surface area contributed by atoms with E-state index in [2.05, 4.69) is 15.2 Å². The van der Waals surface area contributed by atoms with Crippen LogP contribution in [-0.4, -0.2) is 34.2 Å². The molecule has 0 unspecified atom stereocenters. The number of sulfonamides is 1. The molecule has 0 saturated carbocycles. The number of rotatable bonds is 7. The van der Waals surface area contributed by atoms with Gasteiger partial charge >= 0.3 is 0 Å². The average molecular weight is 347 g/mol. The molecule has 0 spiro atoms. The Kier molecular flexibility index (Phi) is 6.05. The van der Waals surface area contributed by atoms with E-state index < -0.39 is 22.5 Å². The van der Waals surface area contributed by atoms with E-state index in [1.165, 1.54) is 18.3 Å². The molecule has 0 aliphatic heterocycles. The van der Waals surface area contributed by atoms with E-state index in [4.69, 9.17) is 4.74 Å². The Morgan fingerprint density at radius 3 is 2.42 bits per heavy atom. The van der Waals surface area contributed by atoms with Crippen LogP contribution in [0, 0.1) is 0 Å². The fourth-order valence-corrected chi connectivity index (χ4v) is 2.76. The number of hydrazone groups is 1.